The normalized spacial score (nSPS) is 17.1. The predicted molar refractivity (Wildman–Crippen MR) is 149 cm³/mol. The number of aromatic nitrogens is 3. The molecule has 37 heavy (non-hydrogen) atoms. The molecule has 2 atom stereocenters. The van der Waals surface area contributed by atoms with E-state index in [0.29, 0.717) is 23.1 Å². The molecule has 0 saturated carbocycles. The van der Waals surface area contributed by atoms with E-state index in [9.17, 15) is 4.79 Å². The van der Waals surface area contributed by atoms with Crippen molar-refractivity contribution in [2.24, 2.45) is 0 Å². The van der Waals surface area contributed by atoms with Crippen molar-refractivity contribution in [3.05, 3.63) is 88.9 Å². The van der Waals surface area contributed by atoms with Crippen LogP contribution in [-0.2, 0) is 4.79 Å². The van der Waals surface area contributed by atoms with E-state index in [4.69, 9.17) is 17.0 Å². The zero-order chi connectivity index (χ0) is 25.9. The fourth-order valence-corrected chi connectivity index (χ4v) is 5.96. The molecule has 3 aromatic heterocycles. The van der Waals surface area contributed by atoms with Crippen LogP contribution in [0.2, 0.25) is 0 Å². The van der Waals surface area contributed by atoms with Crippen LogP contribution in [0.25, 0.3) is 5.13 Å². The molecule has 4 heterocycles. The highest BCUT2D eigenvalue weighted by Crippen LogP contribution is 2.41. The molecule has 2 N–H and O–H groups in total. The number of ether oxygens (including phenoxy) is 1. The number of hydrogen-bond donors (Lipinski definition) is 2. The van der Waals surface area contributed by atoms with Gasteiger partial charge in [-0.1, -0.05) is 18.2 Å². The van der Waals surface area contributed by atoms with Gasteiger partial charge in [0.1, 0.15) is 5.75 Å². The second-order valence-electron chi connectivity index (χ2n) is 8.80. The molecule has 8 nitrogen and oxygen atoms in total. The first-order valence-electron chi connectivity index (χ1n) is 12.0. The van der Waals surface area contributed by atoms with Crippen LogP contribution in [0.3, 0.4) is 0 Å². The third-order valence-electron chi connectivity index (χ3n) is 6.56. The van der Waals surface area contributed by atoms with Crippen molar-refractivity contribution < 1.29 is 9.53 Å². The summed E-state index contributed by atoms with van der Waals surface area (Å²) in [6, 6.07) is 15.2. The van der Waals surface area contributed by atoms with Crippen LogP contribution < -0.4 is 15.4 Å². The van der Waals surface area contributed by atoms with E-state index in [2.05, 4.69) is 50.0 Å². The third kappa shape index (κ3) is 4.94. The van der Waals surface area contributed by atoms with E-state index in [-0.39, 0.29) is 24.4 Å². The van der Waals surface area contributed by atoms with Crippen molar-refractivity contribution in [3.8, 4) is 10.9 Å². The zero-order valence-electron chi connectivity index (χ0n) is 20.8. The molecule has 0 spiro atoms. The number of methoxy groups -OCH3 is 1. The molecule has 190 valence electrons. The predicted octanol–water partition coefficient (Wildman–Crippen LogP) is 4.96. The summed E-state index contributed by atoms with van der Waals surface area (Å²) in [6.07, 6.45) is 3.87. The van der Waals surface area contributed by atoms with Gasteiger partial charge in [-0.05, 0) is 62.0 Å². The highest BCUT2D eigenvalue weighted by atomic mass is 32.1. The number of rotatable bonds is 8. The van der Waals surface area contributed by atoms with E-state index >= 15 is 0 Å². The molecule has 1 aliphatic rings. The Morgan fingerprint density at radius 3 is 2.70 bits per heavy atom. The molecule has 0 aliphatic carbocycles. The zero-order valence-corrected chi connectivity index (χ0v) is 22.5. The number of anilines is 1. The van der Waals surface area contributed by atoms with Crippen molar-refractivity contribution in [1.82, 2.24) is 24.8 Å². The molecule has 1 fully saturated rings. The number of aryl methyl sites for hydroxylation is 1. The first kappa shape index (κ1) is 24.9. The molecule has 1 aromatic carbocycles. The quantitative estimate of drug-likeness (QED) is 0.311. The smallest absolute Gasteiger partial charge is 0.226 e. The SMILES string of the molecule is COc1ccccc1NC(=O)CCN1C(=S)N[C@@H](c2ccccn2)[C@@H]1c1cc(C)n(-c2nccs2)c1C. The highest BCUT2D eigenvalue weighted by Gasteiger charge is 2.41. The van der Waals surface area contributed by atoms with Gasteiger partial charge in [-0.15, -0.1) is 11.3 Å². The lowest BCUT2D eigenvalue weighted by molar-refractivity contribution is -0.116. The van der Waals surface area contributed by atoms with Crippen LogP contribution in [-0.4, -0.2) is 44.1 Å². The third-order valence-corrected chi connectivity index (χ3v) is 7.67. The van der Waals surface area contributed by atoms with Gasteiger partial charge in [0, 0.05) is 42.1 Å². The number of nitrogens with one attached hydrogen (secondary N) is 2. The summed E-state index contributed by atoms with van der Waals surface area (Å²) >= 11 is 7.39. The summed E-state index contributed by atoms with van der Waals surface area (Å²) in [4.78, 5) is 24.2. The molecule has 1 aliphatic heterocycles. The summed E-state index contributed by atoms with van der Waals surface area (Å²) in [7, 11) is 1.59. The standard InChI is InChI=1S/C27H28N6O2S2/c1-17-16-19(18(2)33(17)27-29-13-15-37-27)25-24(21-9-6-7-12-28-21)31-26(36)32(25)14-11-23(34)30-20-8-4-5-10-22(20)35-3/h4-10,12-13,15-16,24-25H,11,14H2,1-3H3,(H,30,34)(H,31,36)/t24-,25-/m0/s1. The maximum absolute atomic E-state index is 12.9. The summed E-state index contributed by atoms with van der Waals surface area (Å²) in [5, 5.41) is 9.94. The number of carbonyl (C=O) groups excluding carboxylic acids is 1. The largest absolute Gasteiger partial charge is 0.495 e. The van der Waals surface area contributed by atoms with Gasteiger partial charge in [-0.3, -0.25) is 14.3 Å². The summed E-state index contributed by atoms with van der Waals surface area (Å²) in [5.74, 6) is 0.512. The molecular weight excluding hydrogens is 504 g/mol. The van der Waals surface area contributed by atoms with Gasteiger partial charge >= 0.3 is 0 Å². The van der Waals surface area contributed by atoms with E-state index < -0.39 is 0 Å². The first-order chi connectivity index (χ1) is 18.0. The van der Waals surface area contributed by atoms with Gasteiger partial charge in [0.15, 0.2) is 10.2 Å². The number of carbonyl (C=O) groups is 1. The molecule has 1 amide bonds. The Kier molecular flexibility index (Phi) is 7.20. The molecule has 0 bridgehead atoms. The summed E-state index contributed by atoms with van der Waals surface area (Å²) < 4.78 is 7.54. The topological polar surface area (TPSA) is 84.3 Å². The Balaban J connectivity index is 1.44. The number of amides is 1. The second-order valence-corrected chi connectivity index (χ2v) is 10.1. The molecule has 0 unspecified atom stereocenters. The van der Waals surface area contributed by atoms with Crippen molar-refractivity contribution in [2.75, 3.05) is 19.0 Å². The van der Waals surface area contributed by atoms with Gasteiger partial charge in [0.2, 0.25) is 5.91 Å². The number of hydrogen-bond acceptors (Lipinski definition) is 6. The van der Waals surface area contributed by atoms with Gasteiger partial charge < -0.3 is 20.3 Å². The van der Waals surface area contributed by atoms with E-state index in [1.54, 1.807) is 24.6 Å². The highest BCUT2D eigenvalue weighted by molar-refractivity contribution is 7.80. The number of thiazole rings is 1. The molecular formula is C27H28N6O2S2. The fraction of sp³-hybridized carbons (Fsp3) is 0.259. The van der Waals surface area contributed by atoms with Crippen LogP contribution >= 0.6 is 23.6 Å². The van der Waals surface area contributed by atoms with Gasteiger partial charge in [0.25, 0.3) is 0 Å². The number of thiocarbonyl (C=S) groups is 1. The monoisotopic (exact) mass is 532 g/mol. The lowest BCUT2D eigenvalue weighted by Gasteiger charge is -2.28. The Labute approximate surface area is 225 Å². The number of para-hydroxylation sites is 2. The van der Waals surface area contributed by atoms with Gasteiger partial charge in [0.05, 0.1) is 30.6 Å². The van der Waals surface area contributed by atoms with Crippen molar-refractivity contribution in [1.29, 1.82) is 0 Å². The van der Waals surface area contributed by atoms with Crippen LogP contribution in [0.4, 0.5) is 5.69 Å². The van der Waals surface area contributed by atoms with Crippen molar-refractivity contribution in [2.45, 2.75) is 32.4 Å². The molecule has 0 radical (unpaired) electrons. The lowest BCUT2D eigenvalue weighted by Crippen LogP contribution is -2.33. The Morgan fingerprint density at radius 2 is 1.97 bits per heavy atom. The van der Waals surface area contributed by atoms with Gasteiger partial charge in [-0.2, -0.15) is 0 Å². The number of benzene rings is 1. The molecule has 5 rings (SSSR count). The van der Waals surface area contributed by atoms with Crippen molar-refractivity contribution >= 4 is 40.3 Å². The van der Waals surface area contributed by atoms with Crippen molar-refractivity contribution in [3.63, 3.8) is 0 Å². The Hall–Kier alpha value is -3.76. The van der Waals surface area contributed by atoms with Crippen LogP contribution in [0.15, 0.2) is 66.3 Å². The average Bonchev–Trinajstić information content (AvgIpc) is 3.61. The molecule has 4 aromatic rings. The average molecular weight is 533 g/mol. The lowest BCUT2D eigenvalue weighted by atomic mass is 9.96. The minimum atomic E-state index is -0.156. The number of pyridine rings is 1. The first-order valence-corrected chi connectivity index (χ1v) is 13.3. The fourth-order valence-electron chi connectivity index (χ4n) is 4.88. The van der Waals surface area contributed by atoms with E-state index in [1.807, 2.05) is 54.0 Å². The molecule has 1 saturated heterocycles. The van der Waals surface area contributed by atoms with E-state index in [0.717, 1.165) is 27.8 Å². The Bertz CT molecular complexity index is 1400. The van der Waals surface area contributed by atoms with Crippen LogP contribution in [0, 0.1) is 13.8 Å². The Morgan fingerprint density at radius 1 is 1.16 bits per heavy atom. The minimum absolute atomic E-state index is 0.111. The number of nitrogens with zero attached hydrogens (tertiary/aromatic N) is 4. The maximum Gasteiger partial charge on any atom is 0.226 e. The second kappa shape index (κ2) is 10.7. The van der Waals surface area contributed by atoms with Crippen LogP contribution in [0.5, 0.6) is 5.75 Å². The summed E-state index contributed by atoms with van der Waals surface area (Å²) in [6.45, 7) is 4.63. The maximum atomic E-state index is 12.9. The molecule has 10 heteroatoms. The van der Waals surface area contributed by atoms with Gasteiger partial charge in [-0.25, -0.2) is 4.98 Å². The van der Waals surface area contributed by atoms with E-state index in [1.165, 1.54) is 0 Å². The summed E-state index contributed by atoms with van der Waals surface area (Å²) in [5.41, 5.74) is 4.85. The van der Waals surface area contributed by atoms with Crippen LogP contribution in [0.1, 0.15) is 41.1 Å². The minimum Gasteiger partial charge on any atom is -0.495 e.